The molecule has 2 unspecified atom stereocenters. The van der Waals surface area contributed by atoms with Gasteiger partial charge in [0.2, 0.25) is 6.79 Å². The molecule has 228 valence electrons. The van der Waals surface area contributed by atoms with Crippen LogP contribution in [-0.4, -0.2) is 75.5 Å². The van der Waals surface area contributed by atoms with Crippen LogP contribution in [0.4, 0.5) is 10.5 Å². The van der Waals surface area contributed by atoms with Crippen molar-refractivity contribution in [2.45, 2.75) is 38.1 Å². The molecule has 3 aromatic carbocycles. The van der Waals surface area contributed by atoms with Crippen LogP contribution < -0.4 is 23.8 Å². The van der Waals surface area contributed by atoms with Gasteiger partial charge in [0.25, 0.3) is 0 Å². The minimum Gasteiger partial charge on any atom is -0.490 e. The Labute approximate surface area is 251 Å². The van der Waals surface area contributed by atoms with Gasteiger partial charge in [0.1, 0.15) is 24.7 Å². The van der Waals surface area contributed by atoms with Crippen molar-refractivity contribution in [1.82, 2.24) is 4.90 Å². The fourth-order valence-corrected chi connectivity index (χ4v) is 5.88. The van der Waals surface area contributed by atoms with Gasteiger partial charge in [-0.1, -0.05) is 30.3 Å². The quantitative estimate of drug-likeness (QED) is 0.299. The van der Waals surface area contributed by atoms with Gasteiger partial charge in [-0.25, -0.2) is 4.79 Å². The second-order valence-corrected chi connectivity index (χ2v) is 11.0. The van der Waals surface area contributed by atoms with Crippen LogP contribution in [0.25, 0.3) is 0 Å². The van der Waals surface area contributed by atoms with E-state index in [2.05, 4.69) is 35.2 Å². The van der Waals surface area contributed by atoms with E-state index in [0.29, 0.717) is 51.7 Å². The SMILES string of the molecule is COCCCN1CCOc2ccc(COC3CN(C(=O)O)CCC3c3ccc(COc4ccc5c(c4)OCO5)cc3)cc21. The van der Waals surface area contributed by atoms with E-state index >= 15 is 0 Å². The Balaban J connectivity index is 1.11. The number of rotatable bonds is 11. The van der Waals surface area contributed by atoms with Crippen molar-refractivity contribution in [2.75, 3.05) is 58.2 Å². The lowest BCUT2D eigenvalue weighted by molar-refractivity contribution is -0.0199. The molecule has 1 saturated heterocycles. The van der Waals surface area contributed by atoms with E-state index in [1.165, 1.54) is 4.90 Å². The number of ether oxygens (including phenoxy) is 6. The summed E-state index contributed by atoms with van der Waals surface area (Å²) in [5.74, 6) is 3.08. The number of carboxylic acid groups (broad SMARTS) is 1. The largest absolute Gasteiger partial charge is 0.490 e. The fraction of sp³-hybridized carbons (Fsp3) is 0.424. The highest BCUT2D eigenvalue weighted by Crippen LogP contribution is 2.36. The normalized spacial score (nSPS) is 19.1. The monoisotopic (exact) mass is 590 g/mol. The van der Waals surface area contributed by atoms with E-state index in [4.69, 9.17) is 28.4 Å². The maximum Gasteiger partial charge on any atom is 0.407 e. The summed E-state index contributed by atoms with van der Waals surface area (Å²) in [5, 5.41) is 9.70. The molecule has 0 aliphatic carbocycles. The number of anilines is 1. The second kappa shape index (κ2) is 13.4. The molecule has 3 aliphatic rings. The Morgan fingerprint density at radius 3 is 2.58 bits per heavy atom. The summed E-state index contributed by atoms with van der Waals surface area (Å²) < 4.78 is 34.4. The van der Waals surface area contributed by atoms with E-state index in [0.717, 1.165) is 59.1 Å². The molecule has 0 saturated carbocycles. The van der Waals surface area contributed by atoms with E-state index in [9.17, 15) is 9.90 Å². The van der Waals surface area contributed by atoms with Crippen LogP contribution in [0, 0.1) is 0 Å². The Kier molecular flexibility index (Phi) is 9.04. The van der Waals surface area contributed by atoms with Gasteiger partial charge >= 0.3 is 6.09 Å². The third-order valence-corrected chi connectivity index (χ3v) is 8.21. The summed E-state index contributed by atoms with van der Waals surface area (Å²) in [7, 11) is 1.72. The average molecular weight is 591 g/mol. The van der Waals surface area contributed by atoms with Crippen molar-refractivity contribution in [3.05, 3.63) is 77.4 Å². The molecule has 0 aromatic heterocycles. The lowest BCUT2D eigenvalue weighted by Crippen LogP contribution is -2.46. The van der Waals surface area contributed by atoms with Gasteiger partial charge in [0.05, 0.1) is 31.5 Å². The Bertz CT molecular complexity index is 1400. The third kappa shape index (κ3) is 6.92. The highest BCUT2D eigenvalue weighted by atomic mass is 16.7. The summed E-state index contributed by atoms with van der Waals surface area (Å²) in [6.07, 6.45) is 0.441. The zero-order valence-electron chi connectivity index (χ0n) is 24.4. The van der Waals surface area contributed by atoms with Crippen LogP contribution in [0.3, 0.4) is 0 Å². The Hall–Kier alpha value is -4.15. The molecular weight excluding hydrogens is 552 g/mol. The van der Waals surface area contributed by atoms with Gasteiger partial charge in [-0.3, -0.25) is 0 Å². The summed E-state index contributed by atoms with van der Waals surface area (Å²) >= 11 is 0. The van der Waals surface area contributed by atoms with Crippen LogP contribution in [0.2, 0.25) is 0 Å². The number of hydrogen-bond acceptors (Lipinski definition) is 8. The lowest BCUT2D eigenvalue weighted by Gasteiger charge is -2.37. The molecule has 3 aromatic rings. The first-order chi connectivity index (χ1) is 21.1. The van der Waals surface area contributed by atoms with Gasteiger partial charge in [-0.05, 0) is 53.8 Å². The number of fused-ring (bicyclic) bond motifs is 2. The van der Waals surface area contributed by atoms with E-state index in [1.807, 2.05) is 30.3 Å². The summed E-state index contributed by atoms with van der Waals surface area (Å²) in [6, 6.07) is 20.0. The first-order valence-electron chi connectivity index (χ1n) is 14.8. The van der Waals surface area contributed by atoms with Gasteiger partial charge in [0, 0.05) is 38.8 Å². The zero-order chi connectivity index (χ0) is 29.6. The predicted octanol–water partition coefficient (Wildman–Crippen LogP) is 5.28. The number of likely N-dealkylation sites (tertiary alicyclic amines) is 1. The number of methoxy groups -OCH3 is 1. The van der Waals surface area contributed by atoms with E-state index in [1.54, 1.807) is 7.11 Å². The Morgan fingerprint density at radius 2 is 1.74 bits per heavy atom. The number of carbonyl (C=O) groups is 1. The van der Waals surface area contributed by atoms with Crippen molar-refractivity contribution in [2.24, 2.45) is 0 Å². The molecule has 10 nitrogen and oxygen atoms in total. The van der Waals surface area contributed by atoms with Crippen LogP contribution in [0.1, 0.15) is 35.4 Å². The van der Waals surface area contributed by atoms with Crippen LogP contribution in [0.5, 0.6) is 23.0 Å². The van der Waals surface area contributed by atoms with Gasteiger partial charge in [-0.15, -0.1) is 0 Å². The van der Waals surface area contributed by atoms with E-state index in [-0.39, 0.29) is 18.8 Å². The molecule has 1 fully saturated rings. The molecule has 0 bridgehead atoms. The molecule has 2 atom stereocenters. The number of amides is 1. The van der Waals surface area contributed by atoms with Crippen molar-refractivity contribution in [3.63, 3.8) is 0 Å². The van der Waals surface area contributed by atoms with Gasteiger partial charge < -0.3 is 43.3 Å². The van der Waals surface area contributed by atoms with Crippen LogP contribution >= 0.6 is 0 Å². The average Bonchev–Trinajstić information content (AvgIpc) is 3.51. The number of nitrogens with zero attached hydrogens (tertiary/aromatic N) is 2. The summed E-state index contributed by atoms with van der Waals surface area (Å²) in [4.78, 5) is 15.6. The molecule has 1 amide bonds. The number of hydrogen-bond donors (Lipinski definition) is 1. The summed E-state index contributed by atoms with van der Waals surface area (Å²) in [6.45, 7) is 4.93. The van der Waals surface area contributed by atoms with Crippen molar-refractivity contribution >= 4 is 11.8 Å². The first-order valence-corrected chi connectivity index (χ1v) is 14.8. The predicted molar refractivity (Wildman–Crippen MR) is 160 cm³/mol. The topological polar surface area (TPSA) is 99.2 Å². The highest BCUT2D eigenvalue weighted by Gasteiger charge is 2.33. The maximum absolute atomic E-state index is 11.8. The van der Waals surface area contributed by atoms with Crippen molar-refractivity contribution in [3.8, 4) is 23.0 Å². The molecule has 6 rings (SSSR count). The number of benzene rings is 3. The molecule has 0 spiro atoms. The molecule has 3 heterocycles. The van der Waals surface area contributed by atoms with Gasteiger partial charge in [0.15, 0.2) is 11.5 Å². The Morgan fingerprint density at radius 1 is 0.930 bits per heavy atom. The standard InChI is InChI=1S/C33H38N2O8/c1-38-15-2-12-34-14-16-39-29-9-5-24(17-28(29)34)21-41-32-19-35(33(36)37)13-11-27(32)25-6-3-23(4-7-25)20-40-26-8-10-30-31(18-26)43-22-42-30/h3-10,17-18,27,32H,2,11-16,19-22H2,1H3,(H,36,37). The van der Waals surface area contributed by atoms with Crippen molar-refractivity contribution < 1.29 is 38.3 Å². The molecule has 0 radical (unpaired) electrons. The third-order valence-electron chi connectivity index (χ3n) is 8.21. The number of piperidine rings is 1. The zero-order valence-corrected chi connectivity index (χ0v) is 24.4. The summed E-state index contributed by atoms with van der Waals surface area (Å²) in [5.41, 5.74) is 4.26. The fourth-order valence-electron chi connectivity index (χ4n) is 5.88. The van der Waals surface area contributed by atoms with Crippen LogP contribution in [0.15, 0.2) is 60.7 Å². The smallest absolute Gasteiger partial charge is 0.407 e. The second-order valence-electron chi connectivity index (χ2n) is 11.0. The lowest BCUT2D eigenvalue weighted by atomic mass is 9.86. The molecule has 3 aliphatic heterocycles. The molecule has 1 N–H and O–H groups in total. The minimum absolute atomic E-state index is 0.0749. The first kappa shape index (κ1) is 28.9. The van der Waals surface area contributed by atoms with Gasteiger partial charge in [-0.2, -0.15) is 0 Å². The molecule has 43 heavy (non-hydrogen) atoms. The van der Waals surface area contributed by atoms with Crippen molar-refractivity contribution in [1.29, 1.82) is 0 Å². The molecule has 10 heteroatoms. The molecular formula is C33H38N2O8. The van der Waals surface area contributed by atoms with Crippen LogP contribution in [-0.2, 0) is 22.7 Å². The highest BCUT2D eigenvalue weighted by molar-refractivity contribution is 5.65. The maximum atomic E-state index is 11.8. The van der Waals surface area contributed by atoms with E-state index < -0.39 is 6.09 Å². The minimum atomic E-state index is -0.916.